The van der Waals surface area contributed by atoms with Crippen LogP contribution in [0.15, 0.2) is 54.6 Å². The minimum absolute atomic E-state index is 0.127. The Morgan fingerprint density at radius 2 is 1.96 bits per heavy atom. The van der Waals surface area contributed by atoms with Crippen molar-refractivity contribution in [1.29, 1.82) is 0 Å². The number of hydrogen-bond donors (Lipinski definition) is 2. The van der Waals surface area contributed by atoms with Crippen molar-refractivity contribution in [2.24, 2.45) is 0 Å². The Balaban J connectivity index is 1.71. The van der Waals surface area contributed by atoms with E-state index in [1.54, 1.807) is 18.2 Å². The standard InChI is InChI=1S/C20H23FN2O2/c21-18-9-5-4-8-17(18)19(12-15-6-2-1-3-7-15)23-20(24)13-16-14-22-10-11-25-16/h1-9,16,19,22H,10-14H2,(H,23,24)/t16-,19+/m0/s1. The second kappa shape index (κ2) is 8.74. The lowest BCUT2D eigenvalue weighted by atomic mass is 9.98. The Labute approximate surface area is 147 Å². The summed E-state index contributed by atoms with van der Waals surface area (Å²) in [6.07, 6.45) is 0.677. The summed E-state index contributed by atoms with van der Waals surface area (Å²) in [4.78, 5) is 12.5. The molecule has 2 aromatic carbocycles. The van der Waals surface area contributed by atoms with Crippen molar-refractivity contribution in [3.05, 3.63) is 71.5 Å². The van der Waals surface area contributed by atoms with Gasteiger partial charge < -0.3 is 15.4 Å². The second-order valence-electron chi connectivity index (χ2n) is 6.23. The number of benzene rings is 2. The van der Waals surface area contributed by atoms with E-state index in [1.165, 1.54) is 6.07 Å². The van der Waals surface area contributed by atoms with Gasteiger partial charge in [-0.3, -0.25) is 4.79 Å². The van der Waals surface area contributed by atoms with Crippen molar-refractivity contribution in [2.75, 3.05) is 19.7 Å². The lowest BCUT2D eigenvalue weighted by Crippen LogP contribution is -2.42. The normalized spacial score (nSPS) is 18.5. The summed E-state index contributed by atoms with van der Waals surface area (Å²) in [7, 11) is 0. The fourth-order valence-corrected chi connectivity index (χ4v) is 3.06. The molecule has 4 nitrogen and oxygen atoms in total. The van der Waals surface area contributed by atoms with E-state index in [4.69, 9.17) is 4.74 Å². The van der Waals surface area contributed by atoms with E-state index in [0.29, 0.717) is 25.1 Å². The van der Waals surface area contributed by atoms with Crippen LogP contribution in [-0.2, 0) is 16.0 Å². The lowest BCUT2D eigenvalue weighted by Gasteiger charge is -2.25. The van der Waals surface area contributed by atoms with Gasteiger partial charge in [0.15, 0.2) is 0 Å². The zero-order valence-electron chi connectivity index (χ0n) is 14.1. The van der Waals surface area contributed by atoms with E-state index < -0.39 is 6.04 Å². The molecule has 1 aliphatic heterocycles. The van der Waals surface area contributed by atoms with Gasteiger partial charge in [-0.1, -0.05) is 48.5 Å². The minimum Gasteiger partial charge on any atom is -0.375 e. The first-order chi connectivity index (χ1) is 12.2. The van der Waals surface area contributed by atoms with Crippen LogP contribution in [0.2, 0.25) is 0 Å². The van der Waals surface area contributed by atoms with Gasteiger partial charge in [-0.25, -0.2) is 4.39 Å². The van der Waals surface area contributed by atoms with Crippen LogP contribution in [0.3, 0.4) is 0 Å². The van der Waals surface area contributed by atoms with Gasteiger partial charge in [-0.2, -0.15) is 0 Å². The van der Waals surface area contributed by atoms with Gasteiger partial charge in [-0.15, -0.1) is 0 Å². The van der Waals surface area contributed by atoms with E-state index in [2.05, 4.69) is 10.6 Å². The van der Waals surface area contributed by atoms with Crippen LogP contribution < -0.4 is 10.6 Å². The van der Waals surface area contributed by atoms with Gasteiger partial charge in [0.1, 0.15) is 5.82 Å². The summed E-state index contributed by atoms with van der Waals surface area (Å²) in [5.41, 5.74) is 1.55. The first-order valence-electron chi connectivity index (χ1n) is 8.62. The fourth-order valence-electron chi connectivity index (χ4n) is 3.06. The average molecular weight is 342 g/mol. The molecule has 132 valence electrons. The van der Waals surface area contributed by atoms with E-state index in [9.17, 15) is 9.18 Å². The number of rotatable bonds is 6. The van der Waals surface area contributed by atoms with Crippen molar-refractivity contribution in [3.63, 3.8) is 0 Å². The molecule has 3 rings (SSSR count). The van der Waals surface area contributed by atoms with Crippen LogP contribution in [0.1, 0.15) is 23.6 Å². The number of nitrogens with one attached hydrogen (secondary N) is 2. The molecule has 5 heteroatoms. The molecular weight excluding hydrogens is 319 g/mol. The molecule has 0 radical (unpaired) electrons. The highest BCUT2D eigenvalue weighted by Crippen LogP contribution is 2.21. The van der Waals surface area contributed by atoms with E-state index >= 15 is 0 Å². The van der Waals surface area contributed by atoms with Crippen LogP contribution >= 0.6 is 0 Å². The van der Waals surface area contributed by atoms with Crippen molar-refractivity contribution in [1.82, 2.24) is 10.6 Å². The molecule has 1 fully saturated rings. The van der Waals surface area contributed by atoms with Gasteiger partial charge in [0.25, 0.3) is 0 Å². The Hall–Kier alpha value is -2.24. The summed E-state index contributed by atoms with van der Waals surface area (Å²) < 4.78 is 19.8. The molecular formula is C20H23FN2O2. The Kier molecular flexibility index (Phi) is 6.14. The maximum atomic E-state index is 14.3. The van der Waals surface area contributed by atoms with E-state index in [0.717, 1.165) is 12.1 Å². The SMILES string of the molecule is O=C(C[C@H]1CNCCO1)N[C@H](Cc1ccccc1)c1ccccc1F. The van der Waals surface area contributed by atoms with Crippen LogP contribution in [0.5, 0.6) is 0 Å². The molecule has 0 aliphatic carbocycles. The third-order valence-corrected chi connectivity index (χ3v) is 4.32. The van der Waals surface area contributed by atoms with Crippen LogP contribution in [0.4, 0.5) is 4.39 Å². The molecule has 2 aromatic rings. The second-order valence-corrected chi connectivity index (χ2v) is 6.23. The van der Waals surface area contributed by atoms with Crippen LogP contribution in [0.25, 0.3) is 0 Å². The van der Waals surface area contributed by atoms with Gasteiger partial charge in [0.05, 0.1) is 25.2 Å². The topological polar surface area (TPSA) is 50.4 Å². The molecule has 1 aliphatic rings. The Morgan fingerprint density at radius 3 is 2.68 bits per heavy atom. The molecule has 1 saturated heterocycles. The van der Waals surface area contributed by atoms with Gasteiger partial charge in [0.2, 0.25) is 5.91 Å². The van der Waals surface area contributed by atoms with E-state index in [-0.39, 0.29) is 24.2 Å². The molecule has 2 atom stereocenters. The summed E-state index contributed by atoms with van der Waals surface area (Å²) in [6, 6.07) is 16.0. The summed E-state index contributed by atoms with van der Waals surface area (Å²) in [5.74, 6) is -0.433. The van der Waals surface area contributed by atoms with Crippen molar-refractivity contribution < 1.29 is 13.9 Å². The molecule has 0 unspecified atom stereocenters. The minimum atomic E-state index is -0.410. The maximum Gasteiger partial charge on any atom is 0.223 e. The zero-order valence-corrected chi connectivity index (χ0v) is 14.1. The number of carbonyl (C=O) groups is 1. The van der Waals surface area contributed by atoms with Crippen LogP contribution in [0, 0.1) is 5.82 Å². The molecule has 0 spiro atoms. The fraction of sp³-hybridized carbons (Fsp3) is 0.350. The van der Waals surface area contributed by atoms with Crippen molar-refractivity contribution >= 4 is 5.91 Å². The lowest BCUT2D eigenvalue weighted by molar-refractivity contribution is -0.125. The van der Waals surface area contributed by atoms with Crippen molar-refractivity contribution in [2.45, 2.75) is 25.0 Å². The number of morpholine rings is 1. The Bertz CT molecular complexity index is 687. The molecule has 1 amide bonds. The predicted octanol–water partition coefficient (Wildman–Crippen LogP) is 2.60. The third kappa shape index (κ3) is 5.11. The summed E-state index contributed by atoms with van der Waals surface area (Å²) in [5, 5.41) is 6.19. The third-order valence-electron chi connectivity index (χ3n) is 4.32. The van der Waals surface area contributed by atoms with Crippen molar-refractivity contribution in [3.8, 4) is 0 Å². The molecule has 0 saturated carbocycles. The summed E-state index contributed by atoms with van der Waals surface area (Å²) >= 11 is 0. The number of amides is 1. The molecule has 0 aromatic heterocycles. The quantitative estimate of drug-likeness (QED) is 0.848. The molecule has 1 heterocycles. The Morgan fingerprint density at radius 1 is 1.20 bits per heavy atom. The summed E-state index contributed by atoms with van der Waals surface area (Å²) in [6.45, 7) is 2.08. The largest absolute Gasteiger partial charge is 0.375 e. The first kappa shape index (κ1) is 17.6. The maximum absolute atomic E-state index is 14.3. The molecule has 2 N–H and O–H groups in total. The highest BCUT2D eigenvalue weighted by atomic mass is 19.1. The van der Waals surface area contributed by atoms with E-state index in [1.807, 2.05) is 30.3 Å². The number of hydrogen-bond acceptors (Lipinski definition) is 3. The smallest absolute Gasteiger partial charge is 0.223 e. The van der Waals surface area contributed by atoms with Gasteiger partial charge in [-0.05, 0) is 18.1 Å². The number of halogens is 1. The predicted molar refractivity (Wildman–Crippen MR) is 94.7 cm³/mol. The van der Waals surface area contributed by atoms with Crippen LogP contribution in [-0.4, -0.2) is 31.7 Å². The highest BCUT2D eigenvalue weighted by Gasteiger charge is 2.22. The number of carbonyl (C=O) groups excluding carboxylic acids is 1. The van der Waals surface area contributed by atoms with Gasteiger partial charge >= 0.3 is 0 Å². The first-order valence-corrected chi connectivity index (χ1v) is 8.62. The number of ether oxygens (including phenoxy) is 1. The molecule has 0 bridgehead atoms. The molecule has 25 heavy (non-hydrogen) atoms. The monoisotopic (exact) mass is 342 g/mol. The van der Waals surface area contributed by atoms with Gasteiger partial charge in [0, 0.05) is 18.7 Å². The highest BCUT2D eigenvalue weighted by molar-refractivity contribution is 5.77. The zero-order chi connectivity index (χ0) is 17.5. The average Bonchev–Trinajstić information content (AvgIpc) is 2.63.